The maximum atomic E-state index is 12.5. The van der Waals surface area contributed by atoms with Crippen molar-refractivity contribution in [2.24, 2.45) is 5.41 Å². The highest BCUT2D eigenvalue weighted by atomic mass is 16.7. The molecule has 0 aliphatic carbocycles. The zero-order valence-corrected chi connectivity index (χ0v) is 17.5. The van der Waals surface area contributed by atoms with Crippen LogP contribution < -0.4 is 5.32 Å². The second-order valence-electron chi connectivity index (χ2n) is 7.95. The standard InChI is InChI=1S/C21H24N2O8/c1-21(2,3)18(27)19(28)22-14(20(29)31-23-15(24)9-10-16(23)25)11-17(26)30-12-13-7-5-4-6-8-13/h4-8,14H,9-12H2,1-3H3,(H,22,28). The van der Waals surface area contributed by atoms with E-state index in [1.807, 2.05) is 0 Å². The molecule has 10 heteroatoms. The van der Waals surface area contributed by atoms with Gasteiger partial charge in [-0.25, -0.2) is 4.79 Å². The third-order valence-electron chi connectivity index (χ3n) is 4.28. The molecule has 1 atom stereocenters. The molecule has 0 saturated carbocycles. The van der Waals surface area contributed by atoms with Crippen molar-refractivity contribution in [3.8, 4) is 0 Å². The maximum absolute atomic E-state index is 12.5. The van der Waals surface area contributed by atoms with Gasteiger partial charge in [0.15, 0.2) is 0 Å². The Kier molecular flexibility index (Phi) is 7.62. The Hall–Kier alpha value is -3.56. The number of imide groups is 1. The molecule has 1 N–H and O–H groups in total. The van der Waals surface area contributed by atoms with Gasteiger partial charge in [-0.05, 0) is 5.56 Å². The fourth-order valence-electron chi connectivity index (χ4n) is 2.53. The summed E-state index contributed by atoms with van der Waals surface area (Å²) in [5.41, 5.74) is -0.331. The van der Waals surface area contributed by atoms with Crippen molar-refractivity contribution in [3.63, 3.8) is 0 Å². The Bertz CT molecular complexity index is 872. The van der Waals surface area contributed by atoms with Crippen LogP contribution in [-0.2, 0) is 44.9 Å². The summed E-state index contributed by atoms with van der Waals surface area (Å²) in [5.74, 6) is -5.47. The number of ether oxygens (including phenoxy) is 1. The minimum Gasteiger partial charge on any atom is -0.461 e. The van der Waals surface area contributed by atoms with E-state index in [0.29, 0.717) is 10.6 Å². The first-order valence-corrected chi connectivity index (χ1v) is 9.61. The summed E-state index contributed by atoms with van der Waals surface area (Å²) >= 11 is 0. The Morgan fingerprint density at radius 2 is 1.61 bits per heavy atom. The lowest BCUT2D eigenvalue weighted by molar-refractivity contribution is -0.199. The normalized spacial score (nSPS) is 14.7. The van der Waals surface area contributed by atoms with Gasteiger partial charge in [0.05, 0.1) is 6.42 Å². The molecule has 0 aromatic heterocycles. The van der Waals surface area contributed by atoms with Gasteiger partial charge in [0, 0.05) is 18.3 Å². The number of hydrogen-bond acceptors (Lipinski definition) is 8. The van der Waals surface area contributed by atoms with Gasteiger partial charge in [0.25, 0.3) is 17.7 Å². The number of amides is 3. The van der Waals surface area contributed by atoms with Crippen LogP contribution >= 0.6 is 0 Å². The molecule has 0 radical (unpaired) electrons. The SMILES string of the molecule is CC(C)(C)C(=O)C(=O)NC(CC(=O)OCc1ccccc1)C(=O)ON1C(=O)CCC1=O. The molecule has 10 nitrogen and oxygen atoms in total. The molecule has 1 aliphatic heterocycles. The summed E-state index contributed by atoms with van der Waals surface area (Å²) in [6.07, 6.45) is -0.902. The number of nitrogens with zero attached hydrogens (tertiary/aromatic N) is 1. The van der Waals surface area contributed by atoms with Crippen molar-refractivity contribution in [2.75, 3.05) is 0 Å². The second-order valence-corrected chi connectivity index (χ2v) is 7.95. The van der Waals surface area contributed by atoms with Gasteiger partial charge in [-0.15, -0.1) is 5.06 Å². The van der Waals surface area contributed by atoms with Crippen molar-refractivity contribution in [1.82, 2.24) is 10.4 Å². The number of rotatable bonds is 8. The van der Waals surface area contributed by atoms with Crippen molar-refractivity contribution in [3.05, 3.63) is 35.9 Å². The first kappa shape index (κ1) is 23.7. The summed E-state index contributed by atoms with van der Waals surface area (Å²) in [5, 5.41) is 2.44. The van der Waals surface area contributed by atoms with Crippen LogP contribution in [0, 0.1) is 5.41 Å². The fraction of sp³-hybridized carbons (Fsp3) is 0.429. The van der Waals surface area contributed by atoms with Crippen LogP contribution in [0.3, 0.4) is 0 Å². The highest BCUT2D eigenvalue weighted by Crippen LogP contribution is 2.16. The van der Waals surface area contributed by atoms with Crippen LogP contribution in [-0.4, -0.2) is 46.5 Å². The number of carbonyl (C=O) groups is 6. The molecule has 3 amide bonds. The van der Waals surface area contributed by atoms with Crippen molar-refractivity contribution >= 4 is 35.4 Å². The Balaban J connectivity index is 2.08. The number of carbonyl (C=O) groups excluding carboxylic acids is 6. The molecule has 1 fully saturated rings. The molecule has 0 spiro atoms. The number of Topliss-reactive ketones (excluding diaryl/α,β-unsaturated/α-hetero) is 1. The van der Waals surface area contributed by atoms with Crippen LogP contribution in [0.1, 0.15) is 45.6 Å². The fourth-order valence-corrected chi connectivity index (χ4v) is 2.53. The van der Waals surface area contributed by atoms with Gasteiger partial charge in [0.2, 0.25) is 5.78 Å². The molecule has 2 rings (SSSR count). The molecule has 1 saturated heterocycles. The molecular formula is C21H24N2O8. The molecule has 0 bridgehead atoms. The Labute approximate surface area is 178 Å². The zero-order chi connectivity index (χ0) is 23.2. The van der Waals surface area contributed by atoms with Crippen LogP contribution in [0.4, 0.5) is 0 Å². The highest BCUT2D eigenvalue weighted by molar-refractivity contribution is 6.38. The molecule has 31 heavy (non-hydrogen) atoms. The van der Waals surface area contributed by atoms with E-state index in [-0.39, 0.29) is 19.4 Å². The van der Waals surface area contributed by atoms with E-state index in [1.165, 1.54) is 20.8 Å². The van der Waals surface area contributed by atoms with E-state index in [9.17, 15) is 28.8 Å². The van der Waals surface area contributed by atoms with Crippen LogP contribution in [0.5, 0.6) is 0 Å². The quantitative estimate of drug-likeness (QED) is 0.362. The Morgan fingerprint density at radius 3 is 2.16 bits per heavy atom. The maximum Gasteiger partial charge on any atom is 0.355 e. The average Bonchev–Trinajstić information content (AvgIpc) is 3.03. The summed E-state index contributed by atoms with van der Waals surface area (Å²) in [6, 6.07) is 7.13. The summed E-state index contributed by atoms with van der Waals surface area (Å²) in [7, 11) is 0. The van der Waals surface area contributed by atoms with Gasteiger partial charge in [-0.2, -0.15) is 0 Å². The minimum atomic E-state index is -1.64. The third-order valence-corrected chi connectivity index (χ3v) is 4.28. The van der Waals surface area contributed by atoms with Crippen molar-refractivity contribution in [2.45, 2.75) is 52.7 Å². The molecule has 1 heterocycles. The minimum absolute atomic E-state index is 0.0700. The number of benzene rings is 1. The summed E-state index contributed by atoms with van der Waals surface area (Å²) in [4.78, 5) is 77.3. The molecule has 1 unspecified atom stereocenters. The topological polar surface area (TPSA) is 136 Å². The van der Waals surface area contributed by atoms with E-state index in [2.05, 4.69) is 5.32 Å². The average molecular weight is 432 g/mol. The van der Waals surface area contributed by atoms with Gasteiger partial charge in [-0.1, -0.05) is 51.1 Å². The molecule has 166 valence electrons. The molecular weight excluding hydrogens is 408 g/mol. The zero-order valence-electron chi connectivity index (χ0n) is 17.5. The second kappa shape index (κ2) is 9.96. The largest absolute Gasteiger partial charge is 0.461 e. The lowest BCUT2D eigenvalue weighted by atomic mass is 9.90. The Morgan fingerprint density at radius 1 is 1.03 bits per heavy atom. The molecule has 1 aromatic rings. The van der Waals surface area contributed by atoms with Gasteiger partial charge in [0.1, 0.15) is 12.6 Å². The lowest BCUT2D eigenvalue weighted by Crippen LogP contribution is -2.50. The summed E-state index contributed by atoms with van der Waals surface area (Å²) < 4.78 is 5.10. The lowest BCUT2D eigenvalue weighted by Gasteiger charge is -2.21. The predicted octanol–water partition coefficient (Wildman–Crippen LogP) is 0.827. The van der Waals surface area contributed by atoms with Crippen molar-refractivity contribution in [1.29, 1.82) is 0 Å². The first-order chi connectivity index (χ1) is 14.5. The van der Waals surface area contributed by atoms with E-state index in [0.717, 1.165) is 0 Å². The van der Waals surface area contributed by atoms with Gasteiger partial charge >= 0.3 is 11.9 Å². The highest BCUT2D eigenvalue weighted by Gasteiger charge is 2.38. The van der Waals surface area contributed by atoms with E-state index in [1.54, 1.807) is 30.3 Å². The monoisotopic (exact) mass is 432 g/mol. The van der Waals surface area contributed by atoms with Gasteiger partial charge in [-0.3, -0.25) is 24.0 Å². The third kappa shape index (κ3) is 6.73. The van der Waals surface area contributed by atoms with Crippen molar-refractivity contribution < 1.29 is 38.3 Å². The van der Waals surface area contributed by atoms with Crippen LogP contribution in [0.15, 0.2) is 30.3 Å². The van der Waals surface area contributed by atoms with E-state index < -0.39 is 53.3 Å². The number of hydroxylamine groups is 2. The first-order valence-electron chi connectivity index (χ1n) is 9.61. The van der Waals surface area contributed by atoms with E-state index >= 15 is 0 Å². The predicted molar refractivity (Wildman–Crippen MR) is 104 cm³/mol. The van der Waals surface area contributed by atoms with E-state index in [4.69, 9.17) is 9.57 Å². The van der Waals surface area contributed by atoms with Crippen LogP contribution in [0.25, 0.3) is 0 Å². The van der Waals surface area contributed by atoms with Crippen LogP contribution in [0.2, 0.25) is 0 Å². The number of ketones is 1. The number of hydrogen-bond donors (Lipinski definition) is 1. The molecule has 1 aliphatic rings. The number of nitrogens with one attached hydrogen (secondary N) is 1. The molecule has 1 aromatic carbocycles. The smallest absolute Gasteiger partial charge is 0.355 e. The summed E-state index contributed by atoms with van der Waals surface area (Å²) in [6.45, 7) is 4.47. The number of esters is 1. The van der Waals surface area contributed by atoms with Gasteiger partial charge < -0.3 is 14.9 Å².